The summed E-state index contributed by atoms with van der Waals surface area (Å²) in [6.07, 6.45) is 1.20. The Morgan fingerprint density at radius 2 is 1.80 bits per heavy atom. The summed E-state index contributed by atoms with van der Waals surface area (Å²) in [5.74, 6) is 1.21. The van der Waals surface area contributed by atoms with Crippen molar-refractivity contribution in [3.05, 3.63) is 29.6 Å². The molecule has 3 rings (SSSR count). The Balaban J connectivity index is 1.65. The molecule has 0 bridgehead atoms. The number of likely N-dealkylation sites (N-methyl/N-ethyl adjacent to an activating group) is 1. The Kier molecular flexibility index (Phi) is 8.44. The Morgan fingerprint density at radius 1 is 1.06 bits per heavy atom. The fourth-order valence-electron chi connectivity index (χ4n) is 3.49. The summed E-state index contributed by atoms with van der Waals surface area (Å²) < 4.78 is 7.14. The number of alkyl carbamates (subject to hydrolysis) is 1. The van der Waals surface area contributed by atoms with Gasteiger partial charge in [-0.25, -0.2) is 9.78 Å². The minimum Gasteiger partial charge on any atom is -0.444 e. The highest BCUT2D eigenvalue weighted by molar-refractivity contribution is 5.98. The van der Waals surface area contributed by atoms with Gasteiger partial charge in [-0.1, -0.05) is 0 Å². The summed E-state index contributed by atoms with van der Waals surface area (Å²) in [7, 11) is 3.93. The zero-order valence-electron chi connectivity index (χ0n) is 21.4. The van der Waals surface area contributed by atoms with Gasteiger partial charge in [0.05, 0.1) is 11.0 Å². The van der Waals surface area contributed by atoms with Crippen molar-refractivity contribution >= 4 is 34.5 Å². The lowest BCUT2D eigenvalue weighted by Gasteiger charge is -2.19. The molecule has 0 aliphatic carbocycles. The van der Waals surface area contributed by atoms with Gasteiger partial charge in [0.25, 0.3) is 5.91 Å². The first kappa shape index (κ1) is 26.1. The molecule has 0 radical (unpaired) electrons. The summed E-state index contributed by atoms with van der Waals surface area (Å²) in [6, 6.07) is 5.44. The van der Waals surface area contributed by atoms with Crippen LogP contribution in [0.15, 0.2) is 18.2 Å². The zero-order valence-corrected chi connectivity index (χ0v) is 21.4. The lowest BCUT2D eigenvalue weighted by atomic mass is 10.1. The number of hydrogen-bond acceptors (Lipinski definition) is 8. The first-order valence-electron chi connectivity index (χ1n) is 11.8. The lowest BCUT2D eigenvalue weighted by Crippen LogP contribution is -2.33. The first-order valence-corrected chi connectivity index (χ1v) is 11.8. The third kappa shape index (κ3) is 7.25. The molecule has 0 spiro atoms. The van der Waals surface area contributed by atoms with Crippen LogP contribution in [0.3, 0.4) is 0 Å². The SMILES string of the molecule is Cc1nnc2c(NCCCCNC(=O)OC(C)(C)C)nc3ccc(C(=O)NCCN(C)C)cc3n12. The average molecular weight is 485 g/mol. The molecule has 1 aromatic carbocycles. The van der Waals surface area contributed by atoms with Crippen LogP contribution in [0.2, 0.25) is 0 Å². The molecular weight excluding hydrogens is 448 g/mol. The van der Waals surface area contributed by atoms with Gasteiger partial charge in [-0.2, -0.15) is 0 Å². The summed E-state index contributed by atoms with van der Waals surface area (Å²) in [5.41, 5.74) is 2.16. The molecular formula is C24H36N8O3. The highest BCUT2D eigenvalue weighted by Crippen LogP contribution is 2.23. The van der Waals surface area contributed by atoms with E-state index in [2.05, 4.69) is 26.1 Å². The van der Waals surface area contributed by atoms with Gasteiger partial charge >= 0.3 is 6.09 Å². The number of benzene rings is 1. The van der Waals surface area contributed by atoms with Crippen molar-refractivity contribution in [3.8, 4) is 0 Å². The molecule has 11 heteroatoms. The van der Waals surface area contributed by atoms with E-state index in [4.69, 9.17) is 9.72 Å². The van der Waals surface area contributed by atoms with Gasteiger partial charge in [0.15, 0.2) is 5.82 Å². The molecule has 35 heavy (non-hydrogen) atoms. The van der Waals surface area contributed by atoms with E-state index in [0.717, 1.165) is 30.4 Å². The van der Waals surface area contributed by atoms with Crippen molar-refractivity contribution in [2.75, 3.05) is 45.6 Å². The number of aryl methyl sites for hydroxylation is 1. The molecule has 0 aliphatic heterocycles. The van der Waals surface area contributed by atoms with Crippen molar-refractivity contribution < 1.29 is 14.3 Å². The number of aromatic nitrogens is 4. The highest BCUT2D eigenvalue weighted by atomic mass is 16.6. The predicted octanol–water partition coefficient (Wildman–Crippen LogP) is 2.59. The second-order valence-electron chi connectivity index (χ2n) is 9.69. The minimum atomic E-state index is -0.508. The number of rotatable bonds is 10. The molecule has 0 fully saturated rings. The second-order valence-corrected chi connectivity index (χ2v) is 9.69. The van der Waals surface area contributed by atoms with Crippen molar-refractivity contribution in [1.82, 2.24) is 35.1 Å². The first-order chi connectivity index (χ1) is 16.5. The Labute approximate surface area is 205 Å². The van der Waals surface area contributed by atoms with E-state index in [0.29, 0.717) is 42.5 Å². The number of unbranched alkanes of at least 4 members (excludes halogenated alkanes) is 1. The van der Waals surface area contributed by atoms with Crippen LogP contribution in [0.1, 0.15) is 49.8 Å². The number of hydrogen-bond donors (Lipinski definition) is 3. The largest absolute Gasteiger partial charge is 0.444 e. The van der Waals surface area contributed by atoms with Gasteiger partial charge in [-0.15, -0.1) is 10.2 Å². The van der Waals surface area contributed by atoms with E-state index in [-0.39, 0.29) is 5.91 Å². The van der Waals surface area contributed by atoms with Crippen molar-refractivity contribution in [1.29, 1.82) is 0 Å². The van der Waals surface area contributed by atoms with Crippen LogP contribution >= 0.6 is 0 Å². The number of fused-ring (bicyclic) bond motifs is 3. The molecule has 0 unspecified atom stereocenters. The fraction of sp³-hybridized carbons (Fsp3) is 0.542. The molecule has 0 atom stereocenters. The molecule has 0 saturated carbocycles. The van der Waals surface area contributed by atoms with Crippen molar-refractivity contribution in [3.63, 3.8) is 0 Å². The van der Waals surface area contributed by atoms with Crippen molar-refractivity contribution in [2.45, 2.75) is 46.1 Å². The topological polar surface area (TPSA) is 126 Å². The zero-order chi connectivity index (χ0) is 25.6. The smallest absolute Gasteiger partial charge is 0.407 e. The van der Waals surface area contributed by atoms with Crippen LogP contribution in [0.25, 0.3) is 16.7 Å². The molecule has 0 aliphatic rings. The number of ether oxygens (including phenoxy) is 1. The van der Waals surface area contributed by atoms with Gasteiger partial charge in [-0.05, 0) is 72.8 Å². The fourth-order valence-corrected chi connectivity index (χ4v) is 3.49. The second kappa shape index (κ2) is 11.3. The van der Waals surface area contributed by atoms with Crippen LogP contribution in [0.5, 0.6) is 0 Å². The molecule has 2 aromatic heterocycles. The van der Waals surface area contributed by atoms with Crippen LogP contribution < -0.4 is 16.0 Å². The van der Waals surface area contributed by atoms with Gasteiger partial charge in [-0.3, -0.25) is 9.20 Å². The van der Waals surface area contributed by atoms with Gasteiger partial charge in [0.2, 0.25) is 5.65 Å². The quantitative estimate of drug-likeness (QED) is 0.375. The molecule has 190 valence electrons. The monoisotopic (exact) mass is 484 g/mol. The maximum Gasteiger partial charge on any atom is 0.407 e. The van der Waals surface area contributed by atoms with Crippen LogP contribution in [-0.4, -0.2) is 82.4 Å². The summed E-state index contributed by atoms with van der Waals surface area (Å²) in [6.45, 7) is 9.89. The minimum absolute atomic E-state index is 0.130. The molecule has 3 aromatic rings. The van der Waals surface area contributed by atoms with E-state index < -0.39 is 11.7 Å². The Morgan fingerprint density at radius 3 is 2.51 bits per heavy atom. The number of carbonyl (C=O) groups excluding carboxylic acids is 2. The van der Waals surface area contributed by atoms with E-state index in [9.17, 15) is 9.59 Å². The number of anilines is 1. The Bertz CT molecular complexity index is 1180. The normalized spacial score (nSPS) is 11.7. The van der Waals surface area contributed by atoms with Gasteiger partial charge in [0, 0.05) is 31.7 Å². The molecule has 11 nitrogen and oxygen atoms in total. The predicted molar refractivity (Wildman–Crippen MR) is 136 cm³/mol. The maximum absolute atomic E-state index is 12.6. The van der Waals surface area contributed by atoms with E-state index in [1.54, 1.807) is 6.07 Å². The van der Waals surface area contributed by atoms with Gasteiger partial charge in [0.1, 0.15) is 11.4 Å². The lowest BCUT2D eigenvalue weighted by molar-refractivity contribution is 0.0527. The highest BCUT2D eigenvalue weighted by Gasteiger charge is 2.16. The summed E-state index contributed by atoms with van der Waals surface area (Å²) in [4.78, 5) is 31.1. The summed E-state index contributed by atoms with van der Waals surface area (Å²) in [5, 5.41) is 17.5. The maximum atomic E-state index is 12.6. The van der Waals surface area contributed by atoms with E-state index in [1.165, 1.54) is 0 Å². The van der Waals surface area contributed by atoms with Gasteiger partial charge < -0.3 is 25.6 Å². The van der Waals surface area contributed by atoms with Crippen LogP contribution in [0.4, 0.5) is 10.6 Å². The van der Waals surface area contributed by atoms with E-state index >= 15 is 0 Å². The van der Waals surface area contributed by atoms with E-state index in [1.807, 2.05) is 63.2 Å². The summed E-state index contributed by atoms with van der Waals surface area (Å²) >= 11 is 0. The number of nitrogens with zero attached hydrogens (tertiary/aromatic N) is 5. The number of nitrogens with one attached hydrogen (secondary N) is 3. The molecule has 2 amide bonds. The number of carbonyl (C=O) groups is 2. The third-order valence-electron chi connectivity index (χ3n) is 5.16. The van der Waals surface area contributed by atoms with Crippen LogP contribution in [0, 0.1) is 6.92 Å². The Hall–Kier alpha value is -3.47. The third-order valence-corrected chi connectivity index (χ3v) is 5.16. The van der Waals surface area contributed by atoms with Crippen LogP contribution in [-0.2, 0) is 4.74 Å². The van der Waals surface area contributed by atoms with Crippen molar-refractivity contribution in [2.24, 2.45) is 0 Å². The average Bonchev–Trinajstić information content (AvgIpc) is 3.16. The standard InChI is InChI=1S/C24H36N8O3/c1-16-29-30-21-20(25-11-7-8-12-27-23(34)35-24(2,3)4)28-18-10-9-17(15-19(18)32(16)21)22(33)26-13-14-31(5)6/h9-10,15H,7-8,11-14H2,1-6H3,(H,25,28)(H,26,33)(H,27,34). The molecule has 2 heterocycles. The molecule has 0 saturated heterocycles. The number of amides is 2. The molecule has 3 N–H and O–H groups in total.